The molecule has 3 atom stereocenters. The summed E-state index contributed by atoms with van der Waals surface area (Å²) in [4.78, 5) is 25.4. The molecule has 1 amide bonds. The summed E-state index contributed by atoms with van der Waals surface area (Å²) in [5, 5.41) is 9.89. The van der Waals surface area contributed by atoms with E-state index in [1.807, 2.05) is 0 Å². The molecule has 0 radical (unpaired) electrons. The molecule has 0 spiro atoms. The summed E-state index contributed by atoms with van der Waals surface area (Å²) in [6.07, 6.45) is 2.94. The fourth-order valence-electron chi connectivity index (χ4n) is 3.66. The zero-order valence-corrected chi connectivity index (χ0v) is 12.8. The van der Waals surface area contributed by atoms with Gasteiger partial charge in [0.2, 0.25) is 0 Å². The molecule has 1 saturated heterocycles. The standard InChI is InChI=1S/C16H18ClNO4/c17-12-6-1-2-7-13(12)22-9-14(19)18-8-10-4-3-5-11(10)15(18)16(20)21/h1-2,6-7,10-11,15H,3-5,8-9H2,(H,20,21). The molecule has 2 fully saturated rings. The van der Waals surface area contributed by atoms with Gasteiger partial charge in [-0.25, -0.2) is 4.79 Å². The molecule has 3 unspecified atom stereocenters. The number of para-hydroxylation sites is 1. The van der Waals surface area contributed by atoms with Crippen LogP contribution in [0.4, 0.5) is 0 Å². The normalized spacial score (nSPS) is 26.8. The summed E-state index contributed by atoms with van der Waals surface area (Å²) < 4.78 is 5.45. The summed E-state index contributed by atoms with van der Waals surface area (Å²) in [7, 11) is 0. The van der Waals surface area contributed by atoms with Gasteiger partial charge in [0.05, 0.1) is 5.02 Å². The van der Waals surface area contributed by atoms with Crippen LogP contribution < -0.4 is 4.74 Å². The number of halogens is 1. The minimum absolute atomic E-state index is 0.0850. The van der Waals surface area contributed by atoms with E-state index in [-0.39, 0.29) is 18.4 Å². The molecule has 1 aromatic carbocycles. The first-order chi connectivity index (χ1) is 10.6. The first-order valence-electron chi connectivity index (χ1n) is 7.47. The van der Waals surface area contributed by atoms with Gasteiger partial charge in [-0.1, -0.05) is 30.2 Å². The minimum Gasteiger partial charge on any atom is -0.482 e. The van der Waals surface area contributed by atoms with Gasteiger partial charge in [0.25, 0.3) is 5.91 Å². The van der Waals surface area contributed by atoms with E-state index in [2.05, 4.69) is 0 Å². The molecule has 22 heavy (non-hydrogen) atoms. The summed E-state index contributed by atoms with van der Waals surface area (Å²) in [5.41, 5.74) is 0. The van der Waals surface area contributed by atoms with Gasteiger partial charge < -0.3 is 14.7 Å². The van der Waals surface area contributed by atoms with Crippen LogP contribution in [0, 0.1) is 11.8 Å². The topological polar surface area (TPSA) is 66.8 Å². The van der Waals surface area contributed by atoms with Crippen molar-refractivity contribution in [2.24, 2.45) is 11.8 Å². The number of aliphatic carboxylic acids is 1. The molecule has 0 bridgehead atoms. The average molecular weight is 324 g/mol. The van der Waals surface area contributed by atoms with Crippen LogP contribution >= 0.6 is 11.6 Å². The third-order valence-electron chi connectivity index (χ3n) is 4.65. The molecule has 5 nitrogen and oxygen atoms in total. The number of carbonyl (C=O) groups is 2. The summed E-state index contributed by atoms with van der Waals surface area (Å²) in [6.45, 7) is 0.333. The van der Waals surface area contributed by atoms with Gasteiger partial charge in [0.15, 0.2) is 6.61 Å². The second-order valence-electron chi connectivity index (χ2n) is 5.90. The van der Waals surface area contributed by atoms with E-state index in [0.29, 0.717) is 23.2 Å². The second kappa shape index (κ2) is 6.16. The van der Waals surface area contributed by atoms with E-state index in [1.54, 1.807) is 24.3 Å². The van der Waals surface area contributed by atoms with E-state index in [4.69, 9.17) is 16.3 Å². The first kappa shape index (κ1) is 15.2. The Morgan fingerprint density at radius 3 is 2.82 bits per heavy atom. The predicted molar refractivity (Wildman–Crippen MR) is 80.9 cm³/mol. The Morgan fingerprint density at radius 1 is 1.32 bits per heavy atom. The molecule has 6 heteroatoms. The maximum Gasteiger partial charge on any atom is 0.326 e. The van der Waals surface area contributed by atoms with Crippen molar-refractivity contribution in [3.63, 3.8) is 0 Å². The van der Waals surface area contributed by atoms with Crippen LogP contribution in [0.15, 0.2) is 24.3 Å². The lowest BCUT2D eigenvalue weighted by Gasteiger charge is -2.24. The van der Waals surface area contributed by atoms with Crippen molar-refractivity contribution in [2.45, 2.75) is 25.3 Å². The number of fused-ring (bicyclic) bond motifs is 1. The Balaban J connectivity index is 1.67. The molecule has 118 valence electrons. The molecular weight excluding hydrogens is 306 g/mol. The highest BCUT2D eigenvalue weighted by atomic mass is 35.5. The number of carboxylic acid groups (broad SMARTS) is 1. The highest BCUT2D eigenvalue weighted by Gasteiger charge is 2.49. The number of hydrogen-bond donors (Lipinski definition) is 1. The Hall–Kier alpha value is -1.75. The molecule has 0 aromatic heterocycles. The van der Waals surface area contributed by atoms with E-state index >= 15 is 0 Å². The third kappa shape index (κ3) is 2.77. The lowest BCUT2D eigenvalue weighted by Crippen LogP contribution is -2.45. The van der Waals surface area contributed by atoms with Crippen LogP contribution in [-0.4, -0.2) is 41.1 Å². The van der Waals surface area contributed by atoms with Crippen LogP contribution in [0.2, 0.25) is 5.02 Å². The molecule has 1 aromatic rings. The van der Waals surface area contributed by atoms with Crippen LogP contribution in [0.3, 0.4) is 0 Å². The Kier molecular flexibility index (Phi) is 4.25. The van der Waals surface area contributed by atoms with E-state index in [0.717, 1.165) is 19.3 Å². The number of carbonyl (C=O) groups excluding carboxylic acids is 1. The molecule has 1 heterocycles. The lowest BCUT2D eigenvalue weighted by molar-refractivity contribution is -0.150. The van der Waals surface area contributed by atoms with Gasteiger partial charge in [-0.2, -0.15) is 0 Å². The van der Waals surface area contributed by atoms with Crippen LogP contribution in [0.1, 0.15) is 19.3 Å². The molecule has 1 N–H and O–H groups in total. The summed E-state index contributed by atoms with van der Waals surface area (Å²) in [6, 6.07) is 6.20. The van der Waals surface area contributed by atoms with E-state index < -0.39 is 12.0 Å². The molecule has 1 saturated carbocycles. The van der Waals surface area contributed by atoms with Gasteiger partial charge in [-0.15, -0.1) is 0 Å². The molecule has 1 aliphatic carbocycles. The van der Waals surface area contributed by atoms with Crippen LogP contribution in [0.25, 0.3) is 0 Å². The number of ether oxygens (including phenoxy) is 1. The maximum absolute atomic E-state index is 12.4. The summed E-state index contributed by atoms with van der Waals surface area (Å²) >= 11 is 5.98. The van der Waals surface area contributed by atoms with Gasteiger partial charge in [-0.3, -0.25) is 4.79 Å². The van der Waals surface area contributed by atoms with Crippen molar-refractivity contribution in [3.05, 3.63) is 29.3 Å². The number of carboxylic acids is 1. The minimum atomic E-state index is -0.916. The number of rotatable bonds is 4. The highest BCUT2D eigenvalue weighted by Crippen LogP contribution is 2.42. The molecule has 2 aliphatic rings. The maximum atomic E-state index is 12.4. The zero-order valence-electron chi connectivity index (χ0n) is 12.1. The van der Waals surface area contributed by atoms with Gasteiger partial charge in [0.1, 0.15) is 11.8 Å². The lowest BCUT2D eigenvalue weighted by atomic mass is 9.94. The number of amides is 1. The van der Waals surface area contributed by atoms with Crippen molar-refractivity contribution in [3.8, 4) is 5.75 Å². The van der Waals surface area contributed by atoms with Crippen molar-refractivity contribution in [1.29, 1.82) is 0 Å². The van der Waals surface area contributed by atoms with Crippen molar-refractivity contribution < 1.29 is 19.4 Å². The molecular formula is C16H18ClNO4. The van der Waals surface area contributed by atoms with Crippen molar-refractivity contribution >= 4 is 23.5 Å². The Bertz CT molecular complexity index is 591. The second-order valence-corrected chi connectivity index (χ2v) is 6.31. The van der Waals surface area contributed by atoms with Crippen LogP contribution in [0.5, 0.6) is 5.75 Å². The Labute approximate surface area is 133 Å². The smallest absolute Gasteiger partial charge is 0.326 e. The largest absolute Gasteiger partial charge is 0.482 e. The SMILES string of the molecule is O=C(O)C1C2CCCC2CN1C(=O)COc1ccccc1Cl. The number of benzene rings is 1. The quantitative estimate of drug-likeness (QED) is 0.924. The third-order valence-corrected chi connectivity index (χ3v) is 4.96. The molecule has 1 aliphatic heterocycles. The molecule has 3 rings (SSSR count). The van der Waals surface area contributed by atoms with Gasteiger partial charge >= 0.3 is 5.97 Å². The van der Waals surface area contributed by atoms with E-state index in [1.165, 1.54) is 4.90 Å². The van der Waals surface area contributed by atoms with Crippen molar-refractivity contribution in [1.82, 2.24) is 4.90 Å². The predicted octanol–water partition coefficient (Wildman–Crippen LogP) is 2.43. The average Bonchev–Trinajstić information content (AvgIpc) is 3.05. The van der Waals surface area contributed by atoms with Gasteiger partial charge in [0, 0.05) is 6.54 Å². The monoisotopic (exact) mass is 323 g/mol. The fraction of sp³-hybridized carbons (Fsp3) is 0.500. The zero-order chi connectivity index (χ0) is 15.7. The highest BCUT2D eigenvalue weighted by molar-refractivity contribution is 6.32. The van der Waals surface area contributed by atoms with Crippen molar-refractivity contribution in [2.75, 3.05) is 13.2 Å². The number of likely N-dealkylation sites (tertiary alicyclic amines) is 1. The van der Waals surface area contributed by atoms with E-state index in [9.17, 15) is 14.7 Å². The first-order valence-corrected chi connectivity index (χ1v) is 7.85. The summed E-state index contributed by atoms with van der Waals surface area (Å²) in [5.74, 6) is -0.377. The fourth-order valence-corrected chi connectivity index (χ4v) is 3.85. The number of nitrogens with zero attached hydrogens (tertiary/aromatic N) is 1. The Morgan fingerprint density at radius 2 is 2.09 bits per heavy atom. The van der Waals surface area contributed by atoms with Crippen LogP contribution in [-0.2, 0) is 9.59 Å². The van der Waals surface area contributed by atoms with Gasteiger partial charge in [-0.05, 0) is 36.8 Å². The number of hydrogen-bond acceptors (Lipinski definition) is 3.